The van der Waals surface area contributed by atoms with Gasteiger partial charge in [-0.1, -0.05) is 31.6 Å². The molecule has 162 valence electrons. The van der Waals surface area contributed by atoms with E-state index in [9.17, 15) is 4.79 Å². The first kappa shape index (κ1) is 22.6. The molecular weight excluding hydrogens is 410 g/mol. The molecule has 0 spiro atoms. The zero-order chi connectivity index (χ0) is 22.2. The van der Waals surface area contributed by atoms with Crippen molar-refractivity contribution < 1.29 is 14.3 Å². The van der Waals surface area contributed by atoms with Gasteiger partial charge in [0.15, 0.2) is 22.5 Å². The smallest absolute Gasteiger partial charge is 0.267 e. The van der Waals surface area contributed by atoms with Crippen molar-refractivity contribution in [2.45, 2.75) is 26.7 Å². The van der Waals surface area contributed by atoms with Gasteiger partial charge in [0, 0.05) is 12.2 Å². The van der Waals surface area contributed by atoms with Crippen LogP contribution in [0.4, 0.5) is 5.82 Å². The summed E-state index contributed by atoms with van der Waals surface area (Å²) in [7, 11) is 1.61. The van der Waals surface area contributed by atoms with E-state index in [1.807, 2.05) is 49.4 Å². The molecule has 0 bridgehead atoms. The molecule has 0 radical (unpaired) electrons. The number of hydrogen-bond donors (Lipinski definition) is 0. The molecule has 1 aliphatic heterocycles. The number of thioether (sulfide) groups is 1. The van der Waals surface area contributed by atoms with Crippen molar-refractivity contribution in [1.82, 2.24) is 9.88 Å². The number of unbranched alkanes of at least 4 members (excludes halogenated alkanes) is 1. The van der Waals surface area contributed by atoms with Gasteiger partial charge in [-0.2, -0.15) is 0 Å². The van der Waals surface area contributed by atoms with Crippen LogP contribution in [-0.2, 0) is 4.79 Å². The fourth-order valence-corrected chi connectivity index (χ4v) is 3.94. The number of rotatable bonds is 9. The van der Waals surface area contributed by atoms with Crippen LogP contribution in [-0.4, -0.2) is 41.2 Å². The summed E-state index contributed by atoms with van der Waals surface area (Å²) in [4.78, 5) is 24.2. The lowest BCUT2D eigenvalue weighted by molar-refractivity contribution is -0.121. The molecular formula is C24H27N3O3S. The molecule has 1 aromatic carbocycles. The van der Waals surface area contributed by atoms with Crippen molar-refractivity contribution in [1.29, 1.82) is 0 Å². The second-order valence-corrected chi connectivity index (χ2v) is 7.97. The van der Waals surface area contributed by atoms with Crippen LogP contribution in [0, 0.1) is 6.92 Å². The second kappa shape index (κ2) is 10.8. The average molecular weight is 438 g/mol. The highest BCUT2D eigenvalue weighted by molar-refractivity contribution is 8.18. The molecule has 1 aliphatic rings. The van der Waals surface area contributed by atoms with Crippen LogP contribution < -0.4 is 9.47 Å². The summed E-state index contributed by atoms with van der Waals surface area (Å²) in [6, 6.07) is 11.3. The number of nitrogens with zero attached hydrogens (tertiary/aromatic N) is 3. The number of aromatic nitrogens is 1. The quantitative estimate of drug-likeness (QED) is 0.300. The lowest BCUT2D eigenvalue weighted by Crippen LogP contribution is -2.29. The first-order valence-electron chi connectivity index (χ1n) is 10.2. The van der Waals surface area contributed by atoms with Crippen molar-refractivity contribution in [3.8, 4) is 11.5 Å². The van der Waals surface area contributed by atoms with E-state index in [2.05, 4.69) is 23.5 Å². The number of carbonyl (C=O) groups excluding carboxylic acids is 1. The van der Waals surface area contributed by atoms with Gasteiger partial charge in [-0.25, -0.2) is 9.98 Å². The molecule has 0 unspecified atom stereocenters. The predicted molar refractivity (Wildman–Crippen MR) is 127 cm³/mol. The molecule has 0 N–H and O–H groups in total. The van der Waals surface area contributed by atoms with Crippen LogP contribution in [0.1, 0.15) is 31.0 Å². The maximum absolute atomic E-state index is 13.0. The second-order valence-electron chi connectivity index (χ2n) is 6.96. The predicted octanol–water partition coefficient (Wildman–Crippen LogP) is 5.37. The average Bonchev–Trinajstić information content (AvgIpc) is 3.04. The Balaban J connectivity index is 1.88. The monoisotopic (exact) mass is 437 g/mol. The highest BCUT2D eigenvalue weighted by Gasteiger charge is 2.32. The maximum atomic E-state index is 13.0. The number of amidine groups is 1. The summed E-state index contributed by atoms with van der Waals surface area (Å²) < 4.78 is 11.3. The maximum Gasteiger partial charge on any atom is 0.267 e. The molecule has 2 aromatic rings. The third kappa shape index (κ3) is 5.76. The summed E-state index contributed by atoms with van der Waals surface area (Å²) in [6.07, 6.45) is 5.58. The van der Waals surface area contributed by atoms with Gasteiger partial charge in [0.1, 0.15) is 0 Å². The largest absolute Gasteiger partial charge is 0.493 e. The third-order valence-corrected chi connectivity index (χ3v) is 5.53. The van der Waals surface area contributed by atoms with E-state index >= 15 is 0 Å². The van der Waals surface area contributed by atoms with Crippen molar-refractivity contribution in [3.05, 3.63) is 65.2 Å². The molecule has 1 fully saturated rings. The minimum atomic E-state index is -0.112. The Bertz CT molecular complexity index is 1020. The molecule has 3 rings (SSSR count). The number of benzene rings is 1. The highest BCUT2D eigenvalue weighted by atomic mass is 32.2. The van der Waals surface area contributed by atoms with E-state index in [0.717, 1.165) is 24.1 Å². The Morgan fingerprint density at radius 1 is 1.26 bits per heavy atom. The van der Waals surface area contributed by atoms with Gasteiger partial charge in [0.05, 0.1) is 18.6 Å². The lowest BCUT2D eigenvalue weighted by Gasteiger charge is -2.12. The Morgan fingerprint density at radius 3 is 2.81 bits per heavy atom. The van der Waals surface area contributed by atoms with Crippen LogP contribution >= 0.6 is 11.8 Å². The van der Waals surface area contributed by atoms with E-state index in [0.29, 0.717) is 40.5 Å². The van der Waals surface area contributed by atoms with E-state index in [1.54, 1.807) is 18.1 Å². The van der Waals surface area contributed by atoms with Gasteiger partial charge in [0.2, 0.25) is 0 Å². The first-order chi connectivity index (χ1) is 15.0. The molecule has 1 saturated heterocycles. The molecule has 7 heteroatoms. The minimum absolute atomic E-state index is 0.112. The fourth-order valence-electron chi connectivity index (χ4n) is 2.94. The summed E-state index contributed by atoms with van der Waals surface area (Å²) in [5.74, 6) is 1.80. The summed E-state index contributed by atoms with van der Waals surface area (Å²) in [6.45, 7) is 8.81. The number of ether oxygens (including phenoxy) is 2. The Labute approximate surface area is 187 Å². The molecule has 31 heavy (non-hydrogen) atoms. The zero-order valence-corrected chi connectivity index (χ0v) is 18.9. The normalized spacial score (nSPS) is 16.2. The fraction of sp³-hybridized carbons (Fsp3) is 0.292. The number of pyridine rings is 1. The zero-order valence-electron chi connectivity index (χ0n) is 18.1. The van der Waals surface area contributed by atoms with E-state index < -0.39 is 0 Å². The van der Waals surface area contributed by atoms with Gasteiger partial charge in [-0.15, -0.1) is 6.58 Å². The van der Waals surface area contributed by atoms with Gasteiger partial charge < -0.3 is 9.47 Å². The van der Waals surface area contributed by atoms with Crippen LogP contribution in [0.3, 0.4) is 0 Å². The Morgan fingerprint density at radius 2 is 2.10 bits per heavy atom. The number of amides is 1. The standard InChI is InChI=1S/C24H27N3O3S/c1-5-7-14-30-19-12-11-18(15-20(19)29-4)16-21-23(28)27(13-6-2)24(31-21)26-22-10-8-9-17(3)25-22/h6,8-12,15-16H,2,5,7,13-14H2,1,3-4H3/b21-16-,26-24+. The van der Waals surface area contributed by atoms with E-state index in [4.69, 9.17) is 9.47 Å². The summed E-state index contributed by atoms with van der Waals surface area (Å²) in [5, 5.41) is 0.584. The number of aryl methyl sites for hydroxylation is 1. The van der Waals surface area contributed by atoms with Crippen molar-refractivity contribution in [3.63, 3.8) is 0 Å². The van der Waals surface area contributed by atoms with Gasteiger partial charge in [-0.05, 0) is 61.0 Å². The molecule has 2 heterocycles. The van der Waals surface area contributed by atoms with Gasteiger partial charge in [0.25, 0.3) is 5.91 Å². The van der Waals surface area contributed by atoms with Crippen molar-refractivity contribution >= 4 is 34.7 Å². The molecule has 1 amide bonds. The number of aliphatic imine (C=N–C) groups is 1. The number of methoxy groups -OCH3 is 1. The number of hydrogen-bond acceptors (Lipinski definition) is 6. The van der Waals surface area contributed by atoms with Crippen LogP contribution in [0.5, 0.6) is 11.5 Å². The van der Waals surface area contributed by atoms with E-state index in [1.165, 1.54) is 11.8 Å². The minimum Gasteiger partial charge on any atom is -0.493 e. The molecule has 0 aliphatic carbocycles. The third-order valence-electron chi connectivity index (χ3n) is 4.52. The van der Waals surface area contributed by atoms with E-state index in [-0.39, 0.29) is 5.91 Å². The molecule has 1 aromatic heterocycles. The SMILES string of the molecule is C=CCN1C(=O)/C(=C/c2ccc(OCCCC)c(OC)c2)S/C1=N/c1cccc(C)n1. The summed E-state index contributed by atoms with van der Waals surface area (Å²) in [5.41, 5.74) is 1.72. The topological polar surface area (TPSA) is 64.0 Å². The molecule has 6 nitrogen and oxygen atoms in total. The van der Waals surface area contributed by atoms with Crippen LogP contribution in [0.2, 0.25) is 0 Å². The lowest BCUT2D eigenvalue weighted by atomic mass is 10.2. The summed E-state index contributed by atoms with van der Waals surface area (Å²) >= 11 is 1.32. The van der Waals surface area contributed by atoms with Gasteiger partial charge in [-0.3, -0.25) is 9.69 Å². The number of carbonyl (C=O) groups is 1. The molecule has 0 atom stereocenters. The van der Waals surface area contributed by atoms with Gasteiger partial charge >= 0.3 is 0 Å². The van der Waals surface area contributed by atoms with Crippen LogP contribution in [0.15, 0.2) is 59.0 Å². The molecule has 0 saturated carbocycles. The highest BCUT2D eigenvalue weighted by Crippen LogP contribution is 2.35. The van der Waals surface area contributed by atoms with Crippen molar-refractivity contribution in [2.75, 3.05) is 20.3 Å². The Hall–Kier alpha value is -3.06. The first-order valence-corrected chi connectivity index (χ1v) is 11.0. The van der Waals surface area contributed by atoms with Crippen molar-refractivity contribution in [2.24, 2.45) is 4.99 Å². The van der Waals surface area contributed by atoms with Crippen LogP contribution in [0.25, 0.3) is 6.08 Å². The Kier molecular flexibility index (Phi) is 7.89.